The van der Waals surface area contributed by atoms with Gasteiger partial charge < -0.3 is 11.1 Å². The largest absolute Gasteiger partial charge is 0.330 e. The smallest absolute Gasteiger partial charge is 0.0136 e. The van der Waals surface area contributed by atoms with Crippen molar-refractivity contribution in [2.45, 2.75) is 31.7 Å². The topological polar surface area (TPSA) is 38.0 Å². The van der Waals surface area contributed by atoms with E-state index >= 15 is 0 Å². The van der Waals surface area contributed by atoms with Gasteiger partial charge in [0.05, 0.1) is 0 Å². The van der Waals surface area contributed by atoms with Crippen LogP contribution in [-0.4, -0.2) is 19.1 Å². The summed E-state index contributed by atoms with van der Waals surface area (Å²) < 4.78 is 0. The second-order valence-corrected chi connectivity index (χ2v) is 3.72. The van der Waals surface area contributed by atoms with Crippen molar-refractivity contribution < 1.29 is 0 Å². The van der Waals surface area contributed by atoms with Gasteiger partial charge in [-0.25, -0.2) is 0 Å². The lowest BCUT2D eigenvalue weighted by molar-refractivity contribution is 0.298. The van der Waals surface area contributed by atoms with Crippen molar-refractivity contribution >= 4 is 0 Å². The molecule has 1 aliphatic heterocycles. The summed E-state index contributed by atoms with van der Waals surface area (Å²) in [6, 6.07) is 0.762. The van der Waals surface area contributed by atoms with Gasteiger partial charge in [-0.3, -0.25) is 0 Å². The maximum Gasteiger partial charge on any atom is 0.0136 e. The minimum Gasteiger partial charge on any atom is -0.330 e. The van der Waals surface area contributed by atoms with Crippen LogP contribution in [0.4, 0.5) is 0 Å². The average Bonchev–Trinajstić information content (AvgIpc) is 2.42. The van der Waals surface area contributed by atoms with Crippen molar-refractivity contribution in [2.24, 2.45) is 11.1 Å². The van der Waals surface area contributed by atoms with Gasteiger partial charge in [-0.2, -0.15) is 0 Å². The Bertz CT molecular complexity index is 123. The summed E-state index contributed by atoms with van der Waals surface area (Å²) in [6.45, 7) is 2.09. The van der Waals surface area contributed by atoms with E-state index in [-0.39, 0.29) is 0 Å². The van der Waals surface area contributed by atoms with Crippen LogP contribution in [0.15, 0.2) is 0 Å². The van der Waals surface area contributed by atoms with Crippen LogP contribution in [-0.2, 0) is 0 Å². The van der Waals surface area contributed by atoms with Crippen molar-refractivity contribution in [1.82, 2.24) is 5.32 Å². The second kappa shape index (κ2) is 2.21. The standard InChI is InChI=1S/C8H16N2/c9-6-8-3-1-2-7(8)10-5-4-8/h7,10H,1-6,9H2. The number of rotatable bonds is 1. The van der Waals surface area contributed by atoms with Gasteiger partial charge in [0, 0.05) is 6.04 Å². The summed E-state index contributed by atoms with van der Waals surface area (Å²) in [5, 5.41) is 3.53. The van der Waals surface area contributed by atoms with Gasteiger partial charge in [0.15, 0.2) is 0 Å². The quantitative estimate of drug-likeness (QED) is 0.556. The molecule has 0 radical (unpaired) electrons. The van der Waals surface area contributed by atoms with Crippen molar-refractivity contribution in [1.29, 1.82) is 0 Å². The number of nitrogens with one attached hydrogen (secondary N) is 1. The molecule has 0 amide bonds. The van der Waals surface area contributed by atoms with Crippen LogP contribution in [0.5, 0.6) is 0 Å². The van der Waals surface area contributed by atoms with E-state index in [0.29, 0.717) is 5.41 Å². The molecule has 2 atom stereocenters. The summed E-state index contributed by atoms with van der Waals surface area (Å²) in [4.78, 5) is 0. The molecule has 58 valence electrons. The number of hydrogen-bond acceptors (Lipinski definition) is 2. The molecule has 2 fully saturated rings. The van der Waals surface area contributed by atoms with Crippen LogP contribution < -0.4 is 11.1 Å². The Labute approximate surface area is 62.2 Å². The summed E-state index contributed by atoms with van der Waals surface area (Å²) in [6.07, 6.45) is 5.42. The Kier molecular flexibility index (Phi) is 1.46. The van der Waals surface area contributed by atoms with E-state index in [4.69, 9.17) is 5.73 Å². The lowest BCUT2D eigenvalue weighted by Crippen LogP contribution is -2.37. The highest BCUT2D eigenvalue weighted by Crippen LogP contribution is 2.43. The Hall–Kier alpha value is -0.0800. The van der Waals surface area contributed by atoms with Crippen LogP contribution >= 0.6 is 0 Å². The molecule has 0 aromatic heterocycles. The first-order chi connectivity index (χ1) is 4.87. The monoisotopic (exact) mass is 140 g/mol. The van der Waals surface area contributed by atoms with Crippen molar-refractivity contribution in [2.75, 3.05) is 13.1 Å². The van der Waals surface area contributed by atoms with Gasteiger partial charge in [0.2, 0.25) is 0 Å². The van der Waals surface area contributed by atoms with Crippen LogP contribution in [0.2, 0.25) is 0 Å². The third kappa shape index (κ3) is 0.722. The average molecular weight is 140 g/mol. The van der Waals surface area contributed by atoms with Crippen molar-refractivity contribution in [3.63, 3.8) is 0 Å². The van der Waals surface area contributed by atoms with Gasteiger partial charge in [0.25, 0.3) is 0 Å². The highest BCUT2D eigenvalue weighted by Gasteiger charge is 2.44. The molecule has 1 aliphatic carbocycles. The van der Waals surface area contributed by atoms with Crippen LogP contribution in [0, 0.1) is 5.41 Å². The summed E-state index contributed by atoms with van der Waals surface area (Å²) in [5.74, 6) is 0. The first-order valence-electron chi connectivity index (χ1n) is 4.31. The molecule has 0 aromatic rings. The maximum absolute atomic E-state index is 5.77. The first kappa shape index (κ1) is 6.62. The zero-order valence-electron chi connectivity index (χ0n) is 6.40. The Balaban J connectivity index is 2.15. The summed E-state index contributed by atoms with van der Waals surface area (Å²) >= 11 is 0. The minimum atomic E-state index is 0.514. The van der Waals surface area contributed by atoms with Crippen LogP contribution in [0.25, 0.3) is 0 Å². The Morgan fingerprint density at radius 3 is 3.10 bits per heavy atom. The first-order valence-corrected chi connectivity index (χ1v) is 4.31. The fourth-order valence-electron chi connectivity index (χ4n) is 2.60. The summed E-state index contributed by atoms with van der Waals surface area (Å²) in [5.41, 5.74) is 6.28. The molecular weight excluding hydrogens is 124 g/mol. The highest BCUT2D eigenvalue weighted by atomic mass is 15.0. The van der Waals surface area contributed by atoms with Crippen molar-refractivity contribution in [3.8, 4) is 0 Å². The number of nitrogens with two attached hydrogens (primary N) is 1. The molecule has 2 rings (SSSR count). The van der Waals surface area contributed by atoms with Gasteiger partial charge in [-0.05, 0) is 37.8 Å². The van der Waals surface area contributed by atoms with Crippen LogP contribution in [0.3, 0.4) is 0 Å². The van der Waals surface area contributed by atoms with E-state index in [1.54, 1.807) is 0 Å². The third-order valence-electron chi connectivity index (χ3n) is 3.33. The Morgan fingerprint density at radius 1 is 1.50 bits per heavy atom. The highest BCUT2D eigenvalue weighted by molar-refractivity contribution is 5.01. The van der Waals surface area contributed by atoms with Gasteiger partial charge >= 0.3 is 0 Å². The van der Waals surface area contributed by atoms with Gasteiger partial charge in [-0.1, -0.05) is 6.42 Å². The molecule has 0 bridgehead atoms. The summed E-state index contributed by atoms with van der Waals surface area (Å²) in [7, 11) is 0. The maximum atomic E-state index is 5.77. The molecule has 2 heteroatoms. The lowest BCUT2D eigenvalue weighted by atomic mass is 9.83. The molecule has 2 aliphatic rings. The predicted octanol–water partition coefficient (Wildman–Crippen LogP) is 0.477. The fraction of sp³-hybridized carbons (Fsp3) is 1.00. The normalized spacial score (nSPS) is 45.9. The number of fused-ring (bicyclic) bond motifs is 1. The molecule has 1 saturated heterocycles. The molecule has 0 spiro atoms. The molecule has 0 aromatic carbocycles. The Morgan fingerprint density at radius 2 is 2.40 bits per heavy atom. The third-order valence-corrected chi connectivity index (χ3v) is 3.33. The van der Waals surface area contributed by atoms with Gasteiger partial charge in [-0.15, -0.1) is 0 Å². The van der Waals surface area contributed by atoms with E-state index in [1.807, 2.05) is 0 Å². The van der Waals surface area contributed by atoms with E-state index in [0.717, 1.165) is 12.6 Å². The molecule has 3 N–H and O–H groups in total. The van der Waals surface area contributed by atoms with E-state index in [1.165, 1.54) is 32.2 Å². The molecular formula is C8H16N2. The van der Waals surface area contributed by atoms with Crippen LogP contribution in [0.1, 0.15) is 25.7 Å². The van der Waals surface area contributed by atoms with Crippen molar-refractivity contribution in [3.05, 3.63) is 0 Å². The van der Waals surface area contributed by atoms with E-state index < -0.39 is 0 Å². The molecule has 1 saturated carbocycles. The predicted molar refractivity (Wildman–Crippen MR) is 41.7 cm³/mol. The zero-order valence-corrected chi connectivity index (χ0v) is 6.40. The minimum absolute atomic E-state index is 0.514. The molecule has 1 heterocycles. The zero-order chi connectivity index (χ0) is 7.03. The van der Waals surface area contributed by atoms with Gasteiger partial charge in [0.1, 0.15) is 0 Å². The molecule has 2 nitrogen and oxygen atoms in total. The molecule has 10 heavy (non-hydrogen) atoms. The SMILES string of the molecule is NCC12CCCC1NCC2. The van der Waals surface area contributed by atoms with E-state index in [2.05, 4.69) is 5.32 Å². The number of hydrogen-bond donors (Lipinski definition) is 2. The molecule has 2 unspecified atom stereocenters. The van der Waals surface area contributed by atoms with E-state index in [9.17, 15) is 0 Å². The lowest BCUT2D eigenvalue weighted by Gasteiger charge is -2.26. The second-order valence-electron chi connectivity index (χ2n) is 3.72. The fourth-order valence-corrected chi connectivity index (χ4v) is 2.60.